The fourth-order valence-electron chi connectivity index (χ4n) is 3.76. The molecule has 0 radical (unpaired) electrons. The lowest BCUT2D eigenvalue weighted by Gasteiger charge is -2.32. The molecule has 3 aromatic rings. The van der Waals surface area contributed by atoms with E-state index in [1.807, 2.05) is 44.2 Å². The molecular weight excluding hydrogens is 538 g/mol. The van der Waals surface area contributed by atoms with Gasteiger partial charge in [0, 0.05) is 35.1 Å². The third-order valence-corrected chi connectivity index (χ3v) is 7.13. The molecule has 0 heterocycles. The SMILES string of the molecule is CC(C)CNC(=O)C(Cc1ccccc1)N(Cc1c(Cl)cccc1Cl)C(=O)Cc1ccc(Cl)c(Cl)c1. The Bertz CT molecular complexity index is 1180. The van der Waals surface area contributed by atoms with Crippen molar-refractivity contribution in [2.75, 3.05) is 6.54 Å². The maximum absolute atomic E-state index is 13.8. The number of halogens is 4. The van der Waals surface area contributed by atoms with Gasteiger partial charge in [0.2, 0.25) is 11.8 Å². The monoisotopic (exact) mass is 564 g/mol. The van der Waals surface area contributed by atoms with E-state index in [0.29, 0.717) is 44.2 Å². The molecule has 0 spiro atoms. The Morgan fingerprint density at radius 3 is 2.08 bits per heavy atom. The highest BCUT2D eigenvalue weighted by Gasteiger charge is 2.31. The van der Waals surface area contributed by atoms with Crippen LogP contribution in [-0.2, 0) is 29.0 Å². The molecule has 0 bridgehead atoms. The van der Waals surface area contributed by atoms with E-state index in [0.717, 1.165) is 5.56 Å². The molecule has 0 aliphatic carbocycles. The molecule has 0 fully saturated rings. The molecule has 0 saturated heterocycles. The Morgan fingerprint density at radius 1 is 0.806 bits per heavy atom. The van der Waals surface area contributed by atoms with Gasteiger partial charge in [-0.15, -0.1) is 0 Å². The Kier molecular flexibility index (Phi) is 10.5. The van der Waals surface area contributed by atoms with Gasteiger partial charge in [-0.05, 0) is 41.3 Å². The number of amides is 2. The third-order valence-electron chi connectivity index (χ3n) is 5.69. The summed E-state index contributed by atoms with van der Waals surface area (Å²) in [6.07, 6.45) is 0.363. The minimum Gasteiger partial charge on any atom is -0.354 e. The van der Waals surface area contributed by atoms with Gasteiger partial charge in [-0.2, -0.15) is 0 Å². The molecular formula is C28H28Cl4N2O2. The molecule has 3 rings (SSSR count). The zero-order valence-corrected chi connectivity index (χ0v) is 23.1. The number of hydrogen-bond donors (Lipinski definition) is 1. The quantitative estimate of drug-likeness (QED) is 0.281. The van der Waals surface area contributed by atoms with Gasteiger partial charge in [-0.1, -0.05) is 103 Å². The number of nitrogens with one attached hydrogen (secondary N) is 1. The van der Waals surface area contributed by atoms with Crippen LogP contribution >= 0.6 is 46.4 Å². The molecule has 4 nitrogen and oxygen atoms in total. The average molecular weight is 566 g/mol. The summed E-state index contributed by atoms with van der Waals surface area (Å²) >= 11 is 25.2. The summed E-state index contributed by atoms with van der Waals surface area (Å²) < 4.78 is 0. The second kappa shape index (κ2) is 13.3. The fraction of sp³-hybridized carbons (Fsp3) is 0.286. The standard InChI is InChI=1S/C28H28Cl4N2O2/c1-18(2)16-33-28(36)26(14-19-7-4-3-5-8-19)34(17-21-22(29)9-6-10-23(21)30)27(35)15-20-11-12-24(31)25(32)13-20/h3-13,18,26H,14-17H2,1-2H3,(H,33,36). The van der Waals surface area contributed by atoms with Crippen LogP contribution in [0.5, 0.6) is 0 Å². The van der Waals surface area contributed by atoms with Gasteiger partial charge < -0.3 is 10.2 Å². The molecule has 0 aromatic heterocycles. The first-order valence-corrected chi connectivity index (χ1v) is 13.1. The van der Waals surface area contributed by atoms with Crippen LogP contribution in [0.1, 0.15) is 30.5 Å². The second-order valence-electron chi connectivity index (χ2n) is 8.99. The first-order valence-electron chi connectivity index (χ1n) is 11.6. The lowest BCUT2D eigenvalue weighted by molar-refractivity contribution is -0.140. The average Bonchev–Trinajstić information content (AvgIpc) is 2.84. The van der Waals surface area contributed by atoms with Crippen LogP contribution in [0, 0.1) is 5.92 Å². The lowest BCUT2D eigenvalue weighted by atomic mass is 10.0. The van der Waals surface area contributed by atoms with Gasteiger partial charge in [0.15, 0.2) is 0 Å². The molecule has 1 unspecified atom stereocenters. The zero-order valence-electron chi connectivity index (χ0n) is 20.1. The number of carbonyl (C=O) groups is 2. The Labute approximate surface area is 232 Å². The second-order valence-corrected chi connectivity index (χ2v) is 10.6. The summed E-state index contributed by atoms with van der Waals surface area (Å²) in [6.45, 7) is 4.60. The Hall–Kier alpha value is -2.24. The molecule has 8 heteroatoms. The van der Waals surface area contributed by atoms with E-state index in [1.54, 1.807) is 41.3 Å². The molecule has 2 amide bonds. The summed E-state index contributed by atoms with van der Waals surface area (Å²) in [6, 6.07) is 19.1. The van der Waals surface area contributed by atoms with E-state index in [1.165, 1.54) is 0 Å². The smallest absolute Gasteiger partial charge is 0.243 e. The van der Waals surface area contributed by atoms with E-state index in [9.17, 15) is 9.59 Å². The maximum atomic E-state index is 13.8. The van der Waals surface area contributed by atoms with Crippen LogP contribution in [0.15, 0.2) is 66.7 Å². The molecule has 0 saturated carbocycles. The zero-order chi connectivity index (χ0) is 26.2. The number of hydrogen-bond acceptors (Lipinski definition) is 2. The van der Waals surface area contributed by atoms with Gasteiger partial charge >= 0.3 is 0 Å². The van der Waals surface area contributed by atoms with Crippen molar-refractivity contribution in [3.05, 3.63) is 104 Å². The van der Waals surface area contributed by atoms with E-state index < -0.39 is 6.04 Å². The van der Waals surface area contributed by atoms with Crippen LogP contribution in [0.25, 0.3) is 0 Å². The van der Waals surface area contributed by atoms with Gasteiger partial charge in [-0.3, -0.25) is 9.59 Å². The molecule has 0 aliphatic heterocycles. The Balaban J connectivity index is 2.01. The van der Waals surface area contributed by atoms with Crippen LogP contribution in [-0.4, -0.2) is 29.3 Å². The number of nitrogens with zero attached hydrogens (tertiary/aromatic N) is 1. The highest BCUT2D eigenvalue weighted by Crippen LogP contribution is 2.28. The summed E-state index contributed by atoms with van der Waals surface area (Å²) in [5.41, 5.74) is 2.20. The van der Waals surface area contributed by atoms with Gasteiger partial charge in [0.25, 0.3) is 0 Å². The highest BCUT2D eigenvalue weighted by molar-refractivity contribution is 6.42. The van der Waals surface area contributed by atoms with Crippen molar-refractivity contribution in [1.29, 1.82) is 0 Å². The van der Waals surface area contributed by atoms with Crippen LogP contribution < -0.4 is 5.32 Å². The van der Waals surface area contributed by atoms with Crippen molar-refractivity contribution in [1.82, 2.24) is 10.2 Å². The summed E-state index contributed by atoms with van der Waals surface area (Å²) in [4.78, 5) is 28.8. The minimum absolute atomic E-state index is 0.0295. The van der Waals surface area contributed by atoms with E-state index in [2.05, 4.69) is 5.32 Å². The lowest BCUT2D eigenvalue weighted by Crippen LogP contribution is -2.51. The molecule has 1 N–H and O–H groups in total. The van der Waals surface area contributed by atoms with Crippen LogP contribution in [0.3, 0.4) is 0 Å². The Morgan fingerprint density at radius 2 is 1.47 bits per heavy atom. The fourth-order valence-corrected chi connectivity index (χ4v) is 4.59. The molecule has 36 heavy (non-hydrogen) atoms. The minimum atomic E-state index is -0.784. The molecule has 3 aromatic carbocycles. The molecule has 190 valence electrons. The van der Waals surface area contributed by atoms with Crippen molar-refractivity contribution < 1.29 is 9.59 Å². The normalized spacial score (nSPS) is 11.9. The van der Waals surface area contributed by atoms with Crippen LogP contribution in [0.2, 0.25) is 20.1 Å². The summed E-state index contributed by atoms with van der Waals surface area (Å²) in [7, 11) is 0. The van der Waals surface area contributed by atoms with Crippen molar-refractivity contribution in [2.45, 2.75) is 39.3 Å². The summed E-state index contributed by atoms with van der Waals surface area (Å²) in [5, 5.41) is 4.61. The van der Waals surface area contributed by atoms with E-state index in [-0.39, 0.29) is 30.7 Å². The molecule has 0 aliphatic rings. The van der Waals surface area contributed by atoms with E-state index >= 15 is 0 Å². The number of rotatable bonds is 10. The van der Waals surface area contributed by atoms with Crippen molar-refractivity contribution >= 4 is 58.2 Å². The van der Waals surface area contributed by atoms with E-state index in [4.69, 9.17) is 46.4 Å². The van der Waals surface area contributed by atoms with Crippen molar-refractivity contribution in [3.8, 4) is 0 Å². The first kappa shape index (κ1) is 28.3. The van der Waals surface area contributed by atoms with Crippen LogP contribution in [0.4, 0.5) is 0 Å². The van der Waals surface area contributed by atoms with Gasteiger partial charge in [-0.25, -0.2) is 0 Å². The summed E-state index contributed by atoms with van der Waals surface area (Å²) in [5.74, 6) is -0.243. The maximum Gasteiger partial charge on any atom is 0.243 e. The third kappa shape index (κ3) is 7.88. The highest BCUT2D eigenvalue weighted by atomic mass is 35.5. The van der Waals surface area contributed by atoms with Crippen molar-refractivity contribution in [3.63, 3.8) is 0 Å². The topological polar surface area (TPSA) is 49.4 Å². The number of carbonyl (C=O) groups excluding carboxylic acids is 2. The molecule has 1 atom stereocenters. The predicted octanol–water partition coefficient (Wildman–Crippen LogP) is 7.26. The van der Waals surface area contributed by atoms with Gasteiger partial charge in [0.1, 0.15) is 6.04 Å². The first-order chi connectivity index (χ1) is 17.2. The largest absolute Gasteiger partial charge is 0.354 e. The predicted molar refractivity (Wildman–Crippen MR) is 149 cm³/mol. The van der Waals surface area contributed by atoms with Gasteiger partial charge in [0.05, 0.1) is 16.5 Å². The number of benzene rings is 3. The van der Waals surface area contributed by atoms with Crippen molar-refractivity contribution in [2.24, 2.45) is 5.92 Å².